The number of nitrogens with two attached hydrogens (primary N) is 1. The van der Waals surface area contributed by atoms with Crippen LogP contribution in [0.1, 0.15) is 6.92 Å². The van der Waals surface area contributed by atoms with Crippen molar-refractivity contribution in [2.75, 3.05) is 18.1 Å². The molecule has 0 saturated carbocycles. The van der Waals surface area contributed by atoms with Crippen LogP contribution in [0.5, 0.6) is 0 Å². The minimum atomic E-state index is -0.690. The zero-order chi connectivity index (χ0) is 10.3. The highest BCUT2D eigenvalue weighted by molar-refractivity contribution is 7.99. The highest BCUT2D eigenvalue weighted by atomic mass is 32.2. The number of rotatable bonds is 6. The molecule has 0 heterocycles. The van der Waals surface area contributed by atoms with Crippen LogP contribution in [0.2, 0.25) is 0 Å². The lowest BCUT2D eigenvalue weighted by molar-refractivity contribution is 0.113. The second kappa shape index (κ2) is 6.99. The number of oxime groups is 1. The first-order chi connectivity index (χ1) is 6.11. The van der Waals surface area contributed by atoms with Crippen molar-refractivity contribution >= 4 is 17.6 Å². The van der Waals surface area contributed by atoms with E-state index in [1.54, 1.807) is 0 Å². The molecule has 5 N–H and O–H groups in total. The van der Waals surface area contributed by atoms with E-state index in [1.807, 2.05) is 6.92 Å². The molecule has 0 aliphatic rings. The lowest BCUT2D eigenvalue weighted by Gasteiger charge is -2.10. The molecule has 0 amide bonds. The summed E-state index contributed by atoms with van der Waals surface area (Å²) in [7, 11) is 0. The predicted molar refractivity (Wildman–Crippen MR) is 53.0 cm³/mol. The molecule has 0 aromatic heterocycles. The number of aliphatic hydroxyl groups is 2. The van der Waals surface area contributed by atoms with Crippen molar-refractivity contribution in [1.29, 1.82) is 0 Å². The average Bonchev–Trinajstić information content (AvgIpc) is 2.15. The Kier molecular flexibility index (Phi) is 6.75. The molecule has 0 fully saturated rings. The van der Waals surface area contributed by atoms with Crippen LogP contribution >= 0.6 is 11.8 Å². The number of aliphatic hydroxyl groups excluding tert-OH is 2. The SMILES string of the molecule is CC(CSCC(O)CO)C(N)=NO. The van der Waals surface area contributed by atoms with Crippen molar-refractivity contribution in [2.45, 2.75) is 13.0 Å². The number of nitrogens with zero attached hydrogens (tertiary/aromatic N) is 1. The van der Waals surface area contributed by atoms with E-state index in [0.717, 1.165) is 0 Å². The Hall–Kier alpha value is -0.460. The van der Waals surface area contributed by atoms with Crippen molar-refractivity contribution in [1.82, 2.24) is 0 Å². The zero-order valence-corrected chi connectivity index (χ0v) is 8.37. The number of amidine groups is 1. The molecular formula is C7H16N2O3S. The first-order valence-electron chi connectivity index (χ1n) is 3.95. The highest BCUT2D eigenvalue weighted by Gasteiger charge is 2.09. The fourth-order valence-corrected chi connectivity index (χ4v) is 1.66. The molecule has 0 aromatic rings. The van der Waals surface area contributed by atoms with E-state index in [4.69, 9.17) is 21.2 Å². The first-order valence-corrected chi connectivity index (χ1v) is 5.11. The van der Waals surface area contributed by atoms with E-state index in [1.165, 1.54) is 11.8 Å². The van der Waals surface area contributed by atoms with Crippen LogP contribution in [0.3, 0.4) is 0 Å². The van der Waals surface area contributed by atoms with Crippen molar-refractivity contribution in [3.63, 3.8) is 0 Å². The van der Waals surface area contributed by atoms with Crippen LogP contribution in [0.4, 0.5) is 0 Å². The number of hydrogen-bond donors (Lipinski definition) is 4. The van der Waals surface area contributed by atoms with Crippen molar-refractivity contribution in [2.24, 2.45) is 16.8 Å². The summed E-state index contributed by atoms with van der Waals surface area (Å²) in [5.74, 6) is 1.28. The van der Waals surface area contributed by atoms with E-state index in [-0.39, 0.29) is 18.4 Å². The first kappa shape index (κ1) is 12.5. The highest BCUT2D eigenvalue weighted by Crippen LogP contribution is 2.09. The second-order valence-corrected chi connectivity index (χ2v) is 3.87. The summed E-state index contributed by atoms with van der Waals surface area (Å²) in [6, 6.07) is 0. The van der Waals surface area contributed by atoms with Crippen molar-refractivity contribution < 1.29 is 15.4 Å². The van der Waals surface area contributed by atoms with E-state index >= 15 is 0 Å². The number of thioether (sulfide) groups is 1. The van der Waals surface area contributed by atoms with E-state index < -0.39 is 6.10 Å². The second-order valence-electron chi connectivity index (χ2n) is 2.80. The normalized spacial score (nSPS) is 17.0. The Labute approximate surface area is 81.6 Å². The Morgan fingerprint density at radius 1 is 1.54 bits per heavy atom. The van der Waals surface area contributed by atoms with E-state index in [2.05, 4.69) is 5.16 Å². The quantitative estimate of drug-likeness (QED) is 0.203. The Bertz CT molecular complexity index is 166. The largest absolute Gasteiger partial charge is 0.409 e. The molecule has 0 rings (SSSR count). The van der Waals surface area contributed by atoms with Gasteiger partial charge in [0.1, 0.15) is 5.84 Å². The molecule has 0 aliphatic carbocycles. The summed E-state index contributed by atoms with van der Waals surface area (Å²) < 4.78 is 0. The van der Waals surface area contributed by atoms with Gasteiger partial charge in [0.05, 0.1) is 12.7 Å². The van der Waals surface area contributed by atoms with Gasteiger partial charge in [-0.3, -0.25) is 0 Å². The van der Waals surface area contributed by atoms with Crippen LogP contribution in [0, 0.1) is 5.92 Å². The van der Waals surface area contributed by atoms with E-state index in [0.29, 0.717) is 11.5 Å². The molecule has 0 aromatic carbocycles. The van der Waals surface area contributed by atoms with Crippen LogP contribution in [-0.2, 0) is 0 Å². The fraction of sp³-hybridized carbons (Fsp3) is 0.857. The lowest BCUT2D eigenvalue weighted by atomic mass is 10.2. The summed E-state index contributed by atoms with van der Waals surface area (Å²) in [4.78, 5) is 0. The van der Waals surface area contributed by atoms with Crippen LogP contribution < -0.4 is 5.73 Å². The molecule has 0 bridgehead atoms. The Balaban J connectivity index is 3.53. The molecule has 0 spiro atoms. The van der Waals surface area contributed by atoms with Gasteiger partial charge in [-0.25, -0.2) is 0 Å². The van der Waals surface area contributed by atoms with Gasteiger partial charge in [0.2, 0.25) is 0 Å². The predicted octanol–water partition coefficient (Wildman–Crippen LogP) is -0.545. The molecular weight excluding hydrogens is 192 g/mol. The van der Waals surface area contributed by atoms with Gasteiger partial charge in [-0.2, -0.15) is 11.8 Å². The minimum absolute atomic E-state index is 0.0270. The zero-order valence-electron chi connectivity index (χ0n) is 7.55. The summed E-state index contributed by atoms with van der Waals surface area (Å²) in [5, 5.41) is 28.7. The molecule has 5 nitrogen and oxygen atoms in total. The molecule has 0 aliphatic heterocycles. The fourth-order valence-electron chi connectivity index (χ4n) is 0.618. The standard InChI is InChI=1S/C7H16N2O3S/c1-5(7(8)9-12)3-13-4-6(11)2-10/h5-6,10-12H,2-4H2,1H3,(H2,8,9). The van der Waals surface area contributed by atoms with Gasteiger partial charge in [0.25, 0.3) is 0 Å². The topological polar surface area (TPSA) is 99.1 Å². The Morgan fingerprint density at radius 3 is 2.62 bits per heavy atom. The maximum absolute atomic E-state index is 8.98. The van der Waals surface area contributed by atoms with Crippen molar-refractivity contribution in [3.8, 4) is 0 Å². The molecule has 78 valence electrons. The molecule has 0 saturated heterocycles. The van der Waals surface area contributed by atoms with Gasteiger partial charge in [-0.1, -0.05) is 12.1 Å². The van der Waals surface area contributed by atoms with Gasteiger partial charge >= 0.3 is 0 Å². The third-order valence-electron chi connectivity index (χ3n) is 1.51. The van der Waals surface area contributed by atoms with E-state index in [9.17, 15) is 0 Å². The smallest absolute Gasteiger partial charge is 0.142 e. The van der Waals surface area contributed by atoms with Gasteiger partial charge in [-0.15, -0.1) is 0 Å². The minimum Gasteiger partial charge on any atom is -0.409 e. The maximum atomic E-state index is 8.98. The summed E-state index contributed by atoms with van der Waals surface area (Å²) in [6.07, 6.45) is -0.690. The van der Waals surface area contributed by atoms with Crippen molar-refractivity contribution in [3.05, 3.63) is 0 Å². The average molecular weight is 208 g/mol. The molecule has 6 heteroatoms. The lowest BCUT2D eigenvalue weighted by Crippen LogP contribution is -2.24. The molecule has 0 radical (unpaired) electrons. The third-order valence-corrected chi connectivity index (χ3v) is 2.87. The Morgan fingerprint density at radius 2 is 2.15 bits per heavy atom. The van der Waals surface area contributed by atoms with Gasteiger partial charge < -0.3 is 21.2 Å². The molecule has 13 heavy (non-hydrogen) atoms. The molecule has 2 atom stereocenters. The molecule has 2 unspecified atom stereocenters. The van der Waals surface area contributed by atoms with Gasteiger partial charge in [0, 0.05) is 17.4 Å². The summed E-state index contributed by atoms with van der Waals surface area (Å²) >= 11 is 1.46. The third kappa shape index (κ3) is 5.73. The summed E-state index contributed by atoms with van der Waals surface area (Å²) in [6.45, 7) is 1.60. The van der Waals surface area contributed by atoms with Crippen LogP contribution in [0.25, 0.3) is 0 Å². The maximum Gasteiger partial charge on any atom is 0.142 e. The van der Waals surface area contributed by atoms with Gasteiger partial charge in [-0.05, 0) is 0 Å². The van der Waals surface area contributed by atoms with Crippen LogP contribution in [0.15, 0.2) is 5.16 Å². The monoisotopic (exact) mass is 208 g/mol. The summed E-state index contributed by atoms with van der Waals surface area (Å²) in [5.41, 5.74) is 5.34. The van der Waals surface area contributed by atoms with Crippen LogP contribution in [-0.4, -0.2) is 45.5 Å². The van der Waals surface area contributed by atoms with Gasteiger partial charge in [0.15, 0.2) is 0 Å². The number of hydrogen-bond acceptors (Lipinski definition) is 5.